The van der Waals surface area contributed by atoms with E-state index >= 15 is 0 Å². The lowest BCUT2D eigenvalue weighted by atomic mass is 10.0. The van der Waals surface area contributed by atoms with Crippen molar-refractivity contribution in [2.24, 2.45) is 5.92 Å². The van der Waals surface area contributed by atoms with Gasteiger partial charge >= 0.3 is 0 Å². The van der Waals surface area contributed by atoms with Crippen LogP contribution in [0.1, 0.15) is 57.6 Å². The topological polar surface area (TPSA) is 59.1 Å². The van der Waals surface area contributed by atoms with Gasteiger partial charge in [-0.3, -0.25) is 9.59 Å². The van der Waals surface area contributed by atoms with Crippen molar-refractivity contribution in [3.8, 4) is 11.5 Å². The first-order valence-corrected chi connectivity index (χ1v) is 10.4. The fourth-order valence-electron chi connectivity index (χ4n) is 4.66. The van der Waals surface area contributed by atoms with Crippen LogP contribution in [0.25, 0.3) is 0 Å². The van der Waals surface area contributed by atoms with Crippen LogP contribution in [0.3, 0.4) is 0 Å². The molecule has 2 fully saturated rings. The van der Waals surface area contributed by atoms with Gasteiger partial charge in [0.2, 0.25) is 11.8 Å². The number of methoxy groups -OCH3 is 2. The van der Waals surface area contributed by atoms with E-state index in [1.807, 2.05) is 28.0 Å². The van der Waals surface area contributed by atoms with E-state index in [0.29, 0.717) is 13.0 Å². The van der Waals surface area contributed by atoms with Crippen LogP contribution in [0.4, 0.5) is 0 Å². The standard InChI is InChI=1S/C22H32N2O4/c1-5-16(6-2)24-14-15(12-21(24)25)22(26)23-11-7-8-19(23)18-10-9-17(27-3)13-20(18)28-4/h9-10,13,15-16,19H,5-8,11-12,14H2,1-4H3. The molecule has 2 amide bonds. The number of likely N-dealkylation sites (tertiary alicyclic amines) is 2. The van der Waals surface area contributed by atoms with Gasteiger partial charge in [0.1, 0.15) is 11.5 Å². The first-order valence-electron chi connectivity index (χ1n) is 10.4. The summed E-state index contributed by atoms with van der Waals surface area (Å²) in [7, 11) is 3.27. The van der Waals surface area contributed by atoms with Crippen molar-refractivity contribution < 1.29 is 19.1 Å². The van der Waals surface area contributed by atoms with E-state index in [2.05, 4.69) is 13.8 Å². The second-order valence-corrected chi connectivity index (χ2v) is 7.72. The molecule has 0 aromatic heterocycles. The maximum Gasteiger partial charge on any atom is 0.228 e. The summed E-state index contributed by atoms with van der Waals surface area (Å²) >= 11 is 0. The fourth-order valence-corrected chi connectivity index (χ4v) is 4.66. The molecule has 2 saturated heterocycles. The Kier molecular flexibility index (Phi) is 6.47. The van der Waals surface area contributed by atoms with Crippen molar-refractivity contribution in [2.45, 2.75) is 58.0 Å². The predicted octanol–water partition coefficient (Wildman–Crippen LogP) is 3.40. The van der Waals surface area contributed by atoms with Gasteiger partial charge in [-0.15, -0.1) is 0 Å². The van der Waals surface area contributed by atoms with E-state index in [1.165, 1.54) is 0 Å². The number of carbonyl (C=O) groups excluding carboxylic acids is 2. The van der Waals surface area contributed by atoms with Crippen LogP contribution in [0.15, 0.2) is 18.2 Å². The highest BCUT2D eigenvalue weighted by atomic mass is 16.5. The summed E-state index contributed by atoms with van der Waals surface area (Å²) in [4.78, 5) is 29.7. The molecule has 0 N–H and O–H groups in total. The number of hydrogen-bond donors (Lipinski definition) is 0. The lowest BCUT2D eigenvalue weighted by Gasteiger charge is -2.30. The Labute approximate surface area is 167 Å². The third-order valence-corrected chi connectivity index (χ3v) is 6.23. The van der Waals surface area contributed by atoms with Crippen LogP contribution >= 0.6 is 0 Å². The molecule has 1 aromatic carbocycles. The molecule has 2 heterocycles. The Morgan fingerprint density at radius 2 is 1.96 bits per heavy atom. The van der Waals surface area contributed by atoms with Crippen LogP contribution in [-0.2, 0) is 9.59 Å². The zero-order chi connectivity index (χ0) is 20.3. The minimum absolute atomic E-state index is 0.00865. The summed E-state index contributed by atoms with van der Waals surface area (Å²) in [6, 6.07) is 5.99. The average molecular weight is 389 g/mol. The smallest absolute Gasteiger partial charge is 0.228 e. The largest absolute Gasteiger partial charge is 0.497 e. The van der Waals surface area contributed by atoms with Crippen molar-refractivity contribution in [3.05, 3.63) is 23.8 Å². The number of hydrogen-bond acceptors (Lipinski definition) is 4. The molecular weight excluding hydrogens is 356 g/mol. The number of carbonyl (C=O) groups is 2. The van der Waals surface area contributed by atoms with Gasteiger partial charge in [-0.1, -0.05) is 13.8 Å². The zero-order valence-corrected chi connectivity index (χ0v) is 17.4. The Hall–Kier alpha value is -2.24. The van der Waals surface area contributed by atoms with E-state index in [-0.39, 0.29) is 29.8 Å². The molecular formula is C22H32N2O4. The summed E-state index contributed by atoms with van der Waals surface area (Å²) in [5.41, 5.74) is 1.01. The van der Waals surface area contributed by atoms with E-state index in [1.54, 1.807) is 14.2 Å². The van der Waals surface area contributed by atoms with Gasteiger partial charge in [0.25, 0.3) is 0 Å². The van der Waals surface area contributed by atoms with Crippen LogP contribution in [0.2, 0.25) is 0 Å². The van der Waals surface area contributed by atoms with Crippen molar-refractivity contribution in [1.82, 2.24) is 9.80 Å². The third kappa shape index (κ3) is 3.82. The number of benzene rings is 1. The van der Waals surface area contributed by atoms with E-state index in [0.717, 1.165) is 49.3 Å². The Morgan fingerprint density at radius 3 is 2.61 bits per heavy atom. The van der Waals surface area contributed by atoms with Crippen LogP contribution in [-0.4, -0.2) is 55.0 Å². The summed E-state index contributed by atoms with van der Waals surface area (Å²) in [5.74, 6) is 1.45. The minimum Gasteiger partial charge on any atom is -0.497 e. The van der Waals surface area contributed by atoms with Crippen LogP contribution in [0, 0.1) is 5.92 Å². The number of nitrogens with zero attached hydrogens (tertiary/aromatic N) is 2. The van der Waals surface area contributed by atoms with Crippen molar-refractivity contribution in [3.63, 3.8) is 0 Å². The molecule has 0 saturated carbocycles. The van der Waals surface area contributed by atoms with Crippen molar-refractivity contribution >= 4 is 11.8 Å². The number of rotatable bonds is 7. The van der Waals surface area contributed by atoms with Gasteiger partial charge < -0.3 is 19.3 Å². The molecule has 0 spiro atoms. The molecule has 2 aliphatic rings. The molecule has 0 radical (unpaired) electrons. The van der Waals surface area contributed by atoms with Crippen LogP contribution in [0.5, 0.6) is 11.5 Å². The molecule has 3 rings (SSSR count). The van der Waals surface area contributed by atoms with Gasteiger partial charge in [0, 0.05) is 37.2 Å². The first kappa shape index (κ1) is 20.5. The Bertz CT molecular complexity index is 716. The normalized spacial score (nSPS) is 22.2. The Balaban J connectivity index is 1.78. The fraction of sp³-hybridized carbons (Fsp3) is 0.636. The summed E-state index contributed by atoms with van der Waals surface area (Å²) < 4.78 is 10.9. The monoisotopic (exact) mass is 388 g/mol. The second-order valence-electron chi connectivity index (χ2n) is 7.72. The molecule has 1 aromatic rings. The highest BCUT2D eigenvalue weighted by Crippen LogP contribution is 2.40. The molecule has 2 unspecified atom stereocenters. The van der Waals surface area contributed by atoms with Crippen molar-refractivity contribution in [2.75, 3.05) is 27.3 Å². The first-order chi connectivity index (χ1) is 13.5. The van der Waals surface area contributed by atoms with Gasteiger partial charge in [0.15, 0.2) is 0 Å². The van der Waals surface area contributed by atoms with Crippen molar-refractivity contribution in [1.29, 1.82) is 0 Å². The molecule has 6 heteroatoms. The molecule has 28 heavy (non-hydrogen) atoms. The molecule has 2 atom stereocenters. The molecule has 0 bridgehead atoms. The quantitative estimate of drug-likeness (QED) is 0.718. The second kappa shape index (κ2) is 8.84. The highest BCUT2D eigenvalue weighted by Gasteiger charge is 2.42. The average Bonchev–Trinajstić information content (AvgIpc) is 3.35. The van der Waals surface area contributed by atoms with Gasteiger partial charge in [0.05, 0.1) is 26.2 Å². The molecule has 154 valence electrons. The lowest BCUT2D eigenvalue weighted by molar-refractivity contribution is -0.136. The highest BCUT2D eigenvalue weighted by molar-refractivity contribution is 5.89. The van der Waals surface area contributed by atoms with Crippen LogP contribution < -0.4 is 9.47 Å². The molecule has 2 aliphatic heterocycles. The van der Waals surface area contributed by atoms with E-state index in [9.17, 15) is 9.59 Å². The zero-order valence-electron chi connectivity index (χ0n) is 17.4. The number of amides is 2. The lowest BCUT2D eigenvalue weighted by Crippen LogP contribution is -2.39. The Morgan fingerprint density at radius 1 is 1.21 bits per heavy atom. The number of ether oxygens (including phenoxy) is 2. The van der Waals surface area contributed by atoms with E-state index < -0.39 is 0 Å². The summed E-state index contributed by atoms with van der Waals surface area (Å²) in [6.45, 7) is 5.48. The minimum atomic E-state index is -0.238. The maximum absolute atomic E-state index is 13.3. The maximum atomic E-state index is 13.3. The van der Waals surface area contributed by atoms with Gasteiger partial charge in [-0.2, -0.15) is 0 Å². The van der Waals surface area contributed by atoms with E-state index in [4.69, 9.17) is 9.47 Å². The predicted molar refractivity (Wildman–Crippen MR) is 107 cm³/mol. The van der Waals surface area contributed by atoms with Gasteiger partial charge in [-0.05, 0) is 37.8 Å². The third-order valence-electron chi connectivity index (χ3n) is 6.23. The SMILES string of the molecule is CCC(CC)N1CC(C(=O)N2CCCC2c2ccc(OC)cc2OC)CC1=O. The molecule has 6 nitrogen and oxygen atoms in total. The van der Waals surface area contributed by atoms with Gasteiger partial charge in [-0.25, -0.2) is 0 Å². The molecule has 0 aliphatic carbocycles. The summed E-state index contributed by atoms with van der Waals surface area (Å²) in [6.07, 6.45) is 4.06. The summed E-state index contributed by atoms with van der Waals surface area (Å²) in [5, 5.41) is 0.